The fourth-order valence-corrected chi connectivity index (χ4v) is 3.75. The monoisotopic (exact) mass is 357 g/mol. The fourth-order valence-electron chi connectivity index (χ4n) is 2.28. The topological polar surface area (TPSA) is 79.7 Å². The van der Waals surface area contributed by atoms with E-state index in [9.17, 15) is 18.0 Å². The van der Waals surface area contributed by atoms with E-state index in [1.54, 1.807) is 25.8 Å². The first kappa shape index (κ1) is 20.4. The molecule has 0 saturated carbocycles. The molecule has 1 atom stereocenters. The maximum absolute atomic E-state index is 12.5. The number of amides is 1. The molecule has 0 spiro atoms. The van der Waals surface area contributed by atoms with Crippen LogP contribution in [0.3, 0.4) is 0 Å². The Morgan fingerprint density at radius 1 is 1.21 bits per heavy atom. The Morgan fingerprint density at radius 2 is 1.79 bits per heavy atom. The Kier molecular flexibility index (Phi) is 7.16. The summed E-state index contributed by atoms with van der Waals surface area (Å²) < 4.78 is 27.6. The normalized spacial score (nSPS) is 13.1. The highest BCUT2D eigenvalue weighted by Gasteiger charge is 2.23. The molecule has 0 saturated heterocycles. The number of aromatic nitrogens is 1. The average molecular weight is 357 g/mol. The Labute approximate surface area is 143 Å². The SMILES string of the molecule is CCC(C)N(C)C(=O)Cn1cc(S(=O)(=O)N(CC)CC)ccc1=O. The number of nitrogens with zero attached hydrogens (tertiary/aromatic N) is 3. The minimum absolute atomic E-state index is 0.0183. The minimum Gasteiger partial charge on any atom is -0.342 e. The number of sulfonamides is 1. The highest BCUT2D eigenvalue weighted by molar-refractivity contribution is 7.89. The van der Waals surface area contributed by atoms with Crippen molar-refractivity contribution in [2.24, 2.45) is 0 Å². The third kappa shape index (κ3) is 4.45. The number of likely N-dealkylation sites (N-methyl/N-ethyl adjacent to an activating group) is 1. The third-order valence-electron chi connectivity index (χ3n) is 4.25. The van der Waals surface area contributed by atoms with Crippen molar-refractivity contribution in [2.75, 3.05) is 20.1 Å². The van der Waals surface area contributed by atoms with Crippen molar-refractivity contribution in [1.29, 1.82) is 0 Å². The zero-order chi connectivity index (χ0) is 18.5. The molecule has 8 heteroatoms. The van der Waals surface area contributed by atoms with Gasteiger partial charge >= 0.3 is 0 Å². The number of hydrogen-bond acceptors (Lipinski definition) is 4. The van der Waals surface area contributed by atoms with Gasteiger partial charge in [-0.3, -0.25) is 9.59 Å². The van der Waals surface area contributed by atoms with Crippen LogP contribution < -0.4 is 5.56 Å². The summed E-state index contributed by atoms with van der Waals surface area (Å²) in [6, 6.07) is 2.53. The first-order chi connectivity index (χ1) is 11.2. The molecule has 1 aromatic heterocycles. The van der Waals surface area contributed by atoms with E-state index < -0.39 is 15.6 Å². The second-order valence-electron chi connectivity index (χ2n) is 5.68. The molecule has 0 N–H and O–H groups in total. The summed E-state index contributed by atoms with van der Waals surface area (Å²) in [7, 11) is -1.99. The highest BCUT2D eigenvalue weighted by atomic mass is 32.2. The Balaban J connectivity index is 3.16. The van der Waals surface area contributed by atoms with E-state index in [2.05, 4.69) is 0 Å². The zero-order valence-corrected chi connectivity index (χ0v) is 15.8. The molecule has 0 aliphatic rings. The molecule has 0 bridgehead atoms. The lowest BCUT2D eigenvalue weighted by atomic mass is 10.2. The van der Waals surface area contributed by atoms with Crippen molar-refractivity contribution in [3.63, 3.8) is 0 Å². The van der Waals surface area contributed by atoms with E-state index >= 15 is 0 Å². The summed E-state index contributed by atoms with van der Waals surface area (Å²) in [5, 5.41) is 0. The third-order valence-corrected chi connectivity index (χ3v) is 6.28. The van der Waals surface area contributed by atoms with Gasteiger partial charge in [0.05, 0.1) is 4.90 Å². The van der Waals surface area contributed by atoms with Gasteiger partial charge in [-0.05, 0) is 19.4 Å². The summed E-state index contributed by atoms with van der Waals surface area (Å²) in [4.78, 5) is 25.9. The Hall–Kier alpha value is -1.67. The molecule has 0 aromatic carbocycles. The van der Waals surface area contributed by atoms with Crippen LogP contribution in [0.25, 0.3) is 0 Å². The number of carbonyl (C=O) groups excluding carboxylic acids is 1. The van der Waals surface area contributed by atoms with Gasteiger partial charge in [0.2, 0.25) is 15.9 Å². The lowest BCUT2D eigenvalue weighted by molar-refractivity contribution is -0.132. The Morgan fingerprint density at radius 3 is 2.29 bits per heavy atom. The van der Waals surface area contributed by atoms with Crippen molar-refractivity contribution in [3.05, 3.63) is 28.7 Å². The van der Waals surface area contributed by atoms with Gasteiger partial charge in [0.1, 0.15) is 6.54 Å². The van der Waals surface area contributed by atoms with Crippen LogP contribution in [0.5, 0.6) is 0 Å². The molecule has 24 heavy (non-hydrogen) atoms. The van der Waals surface area contributed by atoms with Gasteiger partial charge in [0, 0.05) is 38.4 Å². The minimum atomic E-state index is -3.67. The summed E-state index contributed by atoms with van der Waals surface area (Å²) in [5.41, 5.74) is -0.403. The highest BCUT2D eigenvalue weighted by Crippen LogP contribution is 2.13. The molecule has 1 rings (SSSR count). The molecule has 0 fully saturated rings. The predicted octanol–water partition coefficient (Wildman–Crippen LogP) is 1.14. The van der Waals surface area contributed by atoms with Gasteiger partial charge in [0.25, 0.3) is 5.56 Å². The maximum Gasteiger partial charge on any atom is 0.251 e. The standard InChI is InChI=1S/C16H27N3O4S/c1-6-13(4)17(5)16(21)12-18-11-14(9-10-15(18)20)24(22,23)19(7-2)8-3/h9-11,13H,6-8,12H2,1-5H3. The largest absolute Gasteiger partial charge is 0.342 e. The summed E-state index contributed by atoms with van der Waals surface area (Å²) >= 11 is 0. The summed E-state index contributed by atoms with van der Waals surface area (Å²) in [6.07, 6.45) is 2.05. The van der Waals surface area contributed by atoms with Crippen molar-refractivity contribution in [1.82, 2.24) is 13.8 Å². The van der Waals surface area contributed by atoms with Gasteiger partial charge in [-0.2, -0.15) is 4.31 Å². The number of pyridine rings is 1. The number of hydrogen-bond donors (Lipinski definition) is 0. The van der Waals surface area contributed by atoms with Gasteiger partial charge in [-0.1, -0.05) is 20.8 Å². The number of rotatable bonds is 8. The molecule has 1 aromatic rings. The molecule has 0 aliphatic carbocycles. The first-order valence-corrected chi connectivity index (χ1v) is 9.59. The quantitative estimate of drug-likeness (QED) is 0.699. The molecule has 1 unspecified atom stereocenters. The van der Waals surface area contributed by atoms with Gasteiger partial charge < -0.3 is 9.47 Å². The van der Waals surface area contributed by atoms with Gasteiger partial charge in [-0.25, -0.2) is 8.42 Å². The summed E-state index contributed by atoms with van der Waals surface area (Å²) in [5.74, 6) is -0.233. The fraction of sp³-hybridized carbons (Fsp3) is 0.625. The van der Waals surface area contributed by atoms with E-state index in [0.29, 0.717) is 13.1 Å². The molecule has 136 valence electrons. The van der Waals surface area contributed by atoms with E-state index in [1.165, 1.54) is 22.6 Å². The zero-order valence-electron chi connectivity index (χ0n) is 15.0. The predicted molar refractivity (Wildman–Crippen MR) is 93.3 cm³/mol. The van der Waals surface area contributed by atoms with Crippen LogP contribution in [0.2, 0.25) is 0 Å². The first-order valence-electron chi connectivity index (χ1n) is 8.15. The molecule has 1 heterocycles. The molecular weight excluding hydrogens is 330 g/mol. The van der Waals surface area contributed by atoms with Crippen LogP contribution in [0, 0.1) is 0 Å². The second kappa shape index (κ2) is 8.43. The number of carbonyl (C=O) groups is 1. The Bertz CT molecular complexity index is 723. The van der Waals surface area contributed by atoms with E-state index in [0.717, 1.165) is 11.0 Å². The van der Waals surface area contributed by atoms with Gasteiger partial charge in [0.15, 0.2) is 0 Å². The molecule has 7 nitrogen and oxygen atoms in total. The maximum atomic E-state index is 12.5. The van der Waals surface area contributed by atoms with Crippen LogP contribution in [0.4, 0.5) is 0 Å². The summed E-state index contributed by atoms with van der Waals surface area (Å²) in [6.45, 7) is 7.89. The lowest BCUT2D eigenvalue weighted by Gasteiger charge is -2.24. The van der Waals surface area contributed by atoms with Crippen LogP contribution in [-0.4, -0.2) is 54.3 Å². The van der Waals surface area contributed by atoms with E-state index in [4.69, 9.17) is 0 Å². The van der Waals surface area contributed by atoms with Crippen LogP contribution >= 0.6 is 0 Å². The van der Waals surface area contributed by atoms with Crippen molar-refractivity contribution < 1.29 is 13.2 Å². The van der Waals surface area contributed by atoms with E-state index in [-0.39, 0.29) is 23.4 Å². The average Bonchev–Trinajstić information content (AvgIpc) is 2.55. The smallest absolute Gasteiger partial charge is 0.251 e. The van der Waals surface area contributed by atoms with Crippen molar-refractivity contribution >= 4 is 15.9 Å². The lowest BCUT2D eigenvalue weighted by Crippen LogP contribution is -2.39. The molecule has 1 amide bonds. The van der Waals surface area contributed by atoms with Crippen LogP contribution in [-0.2, 0) is 21.4 Å². The second-order valence-corrected chi connectivity index (χ2v) is 7.62. The molecule has 0 radical (unpaired) electrons. The molecular formula is C16H27N3O4S. The van der Waals surface area contributed by atoms with Crippen molar-refractivity contribution in [2.45, 2.75) is 51.6 Å². The molecule has 0 aliphatic heterocycles. The van der Waals surface area contributed by atoms with E-state index in [1.807, 2.05) is 13.8 Å². The van der Waals surface area contributed by atoms with Crippen LogP contribution in [0.1, 0.15) is 34.1 Å². The van der Waals surface area contributed by atoms with Crippen LogP contribution in [0.15, 0.2) is 28.0 Å². The van der Waals surface area contributed by atoms with Crippen molar-refractivity contribution in [3.8, 4) is 0 Å². The van der Waals surface area contributed by atoms with Gasteiger partial charge in [-0.15, -0.1) is 0 Å².